The van der Waals surface area contributed by atoms with Crippen molar-refractivity contribution in [2.24, 2.45) is 7.05 Å². The Hall–Kier alpha value is -2.05. The summed E-state index contributed by atoms with van der Waals surface area (Å²) >= 11 is 0. The molecule has 0 unspecified atom stereocenters. The van der Waals surface area contributed by atoms with Gasteiger partial charge in [0.2, 0.25) is 0 Å². The lowest BCUT2D eigenvalue weighted by atomic mass is 10.2. The van der Waals surface area contributed by atoms with Crippen LogP contribution in [0, 0.1) is 0 Å². The highest BCUT2D eigenvalue weighted by Crippen LogP contribution is 2.31. The number of rotatable bonds is 3. The number of nitrogens with zero attached hydrogens (tertiary/aromatic N) is 3. The average molecular weight is 257 g/mol. The molecule has 0 atom stereocenters. The molecule has 1 aromatic heterocycles. The number of hydrogen-bond donors (Lipinski definition) is 0. The highest BCUT2D eigenvalue weighted by atomic mass is 19.4. The number of aryl methyl sites for hydroxylation is 1. The van der Waals surface area contributed by atoms with Gasteiger partial charge in [0, 0.05) is 7.05 Å². The fourth-order valence-corrected chi connectivity index (χ4v) is 1.36. The molecule has 1 heterocycles. The average Bonchev–Trinajstić information content (AvgIpc) is 2.72. The number of halogens is 3. The normalized spacial score (nSPS) is 11.6. The van der Waals surface area contributed by atoms with Gasteiger partial charge in [0.25, 0.3) is 0 Å². The minimum Gasteiger partial charge on any atom is -0.486 e. The summed E-state index contributed by atoms with van der Waals surface area (Å²) in [5.74, 6) is 0.681. The van der Waals surface area contributed by atoms with Crippen LogP contribution in [0.3, 0.4) is 0 Å². The maximum absolute atomic E-state index is 12.5. The lowest BCUT2D eigenvalue weighted by molar-refractivity contribution is -0.137. The highest BCUT2D eigenvalue weighted by molar-refractivity contribution is 5.30. The van der Waals surface area contributed by atoms with Gasteiger partial charge in [-0.15, -0.1) is 0 Å². The Labute approximate surface area is 101 Å². The third-order valence-corrected chi connectivity index (χ3v) is 2.33. The Morgan fingerprint density at radius 2 is 2.11 bits per heavy atom. The molecule has 1 aromatic carbocycles. The molecule has 0 fully saturated rings. The van der Waals surface area contributed by atoms with Crippen LogP contribution in [0.5, 0.6) is 5.75 Å². The van der Waals surface area contributed by atoms with E-state index in [9.17, 15) is 13.2 Å². The SMILES string of the molecule is Cn1ncnc1COc1cccc(C(F)(F)F)c1. The summed E-state index contributed by atoms with van der Waals surface area (Å²) in [7, 11) is 1.68. The largest absolute Gasteiger partial charge is 0.486 e. The van der Waals surface area contributed by atoms with Gasteiger partial charge in [-0.3, -0.25) is 4.68 Å². The highest BCUT2D eigenvalue weighted by Gasteiger charge is 2.30. The van der Waals surface area contributed by atoms with Gasteiger partial charge in [-0.05, 0) is 18.2 Å². The van der Waals surface area contributed by atoms with Gasteiger partial charge >= 0.3 is 6.18 Å². The first-order valence-electron chi connectivity index (χ1n) is 5.10. The number of aromatic nitrogens is 3. The summed E-state index contributed by atoms with van der Waals surface area (Å²) in [6.45, 7) is 0.0673. The zero-order chi connectivity index (χ0) is 13.2. The van der Waals surface area contributed by atoms with E-state index in [1.165, 1.54) is 23.1 Å². The zero-order valence-corrected chi connectivity index (χ0v) is 9.48. The molecule has 4 nitrogen and oxygen atoms in total. The molecule has 0 saturated heterocycles. The second-order valence-corrected chi connectivity index (χ2v) is 3.61. The number of ether oxygens (including phenoxy) is 1. The van der Waals surface area contributed by atoms with Crippen molar-refractivity contribution in [2.75, 3.05) is 0 Å². The van der Waals surface area contributed by atoms with Crippen molar-refractivity contribution in [1.29, 1.82) is 0 Å². The van der Waals surface area contributed by atoms with Crippen molar-refractivity contribution in [3.8, 4) is 5.75 Å². The van der Waals surface area contributed by atoms with Crippen LogP contribution in [0.1, 0.15) is 11.4 Å². The van der Waals surface area contributed by atoms with E-state index >= 15 is 0 Å². The van der Waals surface area contributed by atoms with Crippen LogP contribution in [0.2, 0.25) is 0 Å². The second-order valence-electron chi connectivity index (χ2n) is 3.61. The molecule has 0 amide bonds. The van der Waals surface area contributed by atoms with Gasteiger partial charge < -0.3 is 4.74 Å². The molecule has 0 aliphatic heterocycles. The van der Waals surface area contributed by atoms with E-state index in [-0.39, 0.29) is 12.4 Å². The van der Waals surface area contributed by atoms with Crippen molar-refractivity contribution in [2.45, 2.75) is 12.8 Å². The monoisotopic (exact) mass is 257 g/mol. The summed E-state index contributed by atoms with van der Waals surface area (Å²) < 4.78 is 44.1. The molecule has 0 aliphatic carbocycles. The van der Waals surface area contributed by atoms with E-state index in [0.29, 0.717) is 5.82 Å². The van der Waals surface area contributed by atoms with E-state index in [2.05, 4.69) is 10.1 Å². The third-order valence-electron chi connectivity index (χ3n) is 2.33. The molecule has 7 heteroatoms. The summed E-state index contributed by atoms with van der Waals surface area (Å²) in [6.07, 6.45) is -3.02. The summed E-state index contributed by atoms with van der Waals surface area (Å²) in [4.78, 5) is 3.91. The first-order chi connectivity index (χ1) is 8.47. The molecule has 0 spiro atoms. The van der Waals surface area contributed by atoms with Gasteiger partial charge in [-0.25, -0.2) is 4.98 Å². The minimum absolute atomic E-state index is 0.0673. The third kappa shape index (κ3) is 2.79. The minimum atomic E-state index is -4.37. The first kappa shape index (κ1) is 12.4. The Morgan fingerprint density at radius 3 is 2.72 bits per heavy atom. The summed E-state index contributed by atoms with van der Waals surface area (Å²) in [5.41, 5.74) is -0.738. The van der Waals surface area contributed by atoms with E-state index in [0.717, 1.165) is 12.1 Å². The van der Waals surface area contributed by atoms with Crippen LogP contribution < -0.4 is 4.74 Å². The predicted molar refractivity (Wildman–Crippen MR) is 56.8 cm³/mol. The van der Waals surface area contributed by atoms with Crippen LogP contribution in [-0.2, 0) is 19.8 Å². The molecule has 0 bridgehead atoms. The lowest BCUT2D eigenvalue weighted by Gasteiger charge is -2.09. The molecular weight excluding hydrogens is 247 g/mol. The van der Waals surface area contributed by atoms with Gasteiger partial charge in [0.1, 0.15) is 18.7 Å². The molecule has 18 heavy (non-hydrogen) atoms. The van der Waals surface area contributed by atoms with Gasteiger partial charge in [-0.1, -0.05) is 6.07 Å². The van der Waals surface area contributed by atoms with Crippen molar-refractivity contribution in [3.63, 3.8) is 0 Å². The Morgan fingerprint density at radius 1 is 1.33 bits per heavy atom. The fourth-order valence-electron chi connectivity index (χ4n) is 1.36. The Balaban J connectivity index is 2.09. The van der Waals surface area contributed by atoms with Crippen LogP contribution >= 0.6 is 0 Å². The molecule has 2 aromatic rings. The molecule has 2 rings (SSSR count). The maximum Gasteiger partial charge on any atom is 0.416 e. The van der Waals surface area contributed by atoms with Crippen molar-refractivity contribution in [3.05, 3.63) is 42.0 Å². The smallest absolute Gasteiger partial charge is 0.416 e. The van der Waals surface area contributed by atoms with Crippen LogP contribution in [0.25, 0.3) is 0 Å². The molecule has 0 aliphatic rings. The number of alkyl halides is 3. The lowest BCUT2D eigenvalue weighted by Crippen LogP contribution is -2.07. The maximum atomic E-state index is 12.5. The van der Waals surface area contributed by atoms with Gasteiger partial charge in [-0.2, -0.15) is 18.3 Å². The molecule has 96 valence electrons. The van der Waals surface area contributed by atoms with Gasteiger partial charge in [0.05, 0.1) is 5.56 Å². The first-order valence-corrected chi connectivity index (χ1v) is 5.10. The van der Waals surface area contributed by atoms with E-state index in [4.69, 9.17) is 4.74 Å². The van der Waals surface area contributed by atoms with Crippen molar-refractivity contribution in [1.82, 2.24) is 14.8 Å². The van der Waals surface area contributed by atoms with E-state index in [1.807, 2.05) is 0 Å². The quantitative estimate of drug-likeness (QED) is 0.847. The standard InChI is InChI=1S/C11H10F3N3O/c1-17-10(15-7-16-17)6-18-9-4-2-3-8(5-9)11(12,13)14/h2-5,7H,6H2,1H3. The predicted octanol–water partition coefficient (Wildman–Crippen LogP) is 2.41. The topological polar surface area (TPSA) is 39.9 Å². The van der Waals surface area contributed by atoms with Crippen molar-refractivity contribution >= 4 is 0 Å². The van der Waals surface area contributed by atoms with E-state index in [1.54, 1.807) is 7.05 Å². The van der Waals surface area contributed by atoms with Crippen LogP contribution in [-0.4, -0.2) is 14.8 Å². The number of benzene rings is 1. The molecule has 0 saturated carbocycles. The van der Waals surface area contributed by atoms with Crippen LogP contribution in [0.15, 0.2) is 30.6 Å². The summed E-state index contributed by atoms with van der Waals surface area (Å²) in [6, 6.07) is 4.71. The summed E-state index contributed by atoms with van der Waals surface area (Å²) in [5, 5.41) is 3.83. The van der Waals surface area contributed by atoms with E-state index < -0.39 is 11.7 Å². The Bertz CT molecular complexity index is 536. The number of hydrogen-bond acceptors (Lipinski definition) is 3. The van der Waals surface area contributed by atoms with Crippen molar-refractivity contribution < 1.29 is 17.9 Å². The molecular formula is C11H10F3N3O. The Kier molecular flexibility index (Phi) is 3.22. The molecule has 0 radical (unpaired) electrons. The fraction of sp³-hybridized carbons (Fsp3) is 0.273. The zero-order valence-electron chi connectivity index (χ0n) is 9.48. The molecule has 0 N–H and O–H groups in total. The second kappa shape index (κ2) is 4.67. The van der Waals surface area contributed by atoms with Gasteiger partial charge in [0.15, 0.2) is 5.82 Å². The van der Waals surface area contributed by atoms with Crippen LogP contribution in [0.4, 0.5) is 13.2 Å².